The lowest BCUT2D eigenvalue weighted by atomic mass is 9.56. The number of nitrogens with zero attached hydrogens (tertiary/aromatic N) is 3. The Balaban J connectivity index is 0.937. The maximum Gasteiger partial charge on any atom is 0.0820 e. The largest absolute Gasteiger partial charge is 0.352 e. The highest BCUT2D eigenvalue weighted by molar-refractivity contribution is 5.43. The number of hydrogen-bond acceptors (Lipinski definition) is 4. The van der Waals surface area contributed by atoms with E-state index in [4.69, 9.17) is 0 Å². The second-order valence-corrected chi connectivity index (χ2v) is 22.7. The summed E-state index contributed by atoms with van der Waals surface area (Å²) >= 11 is 0. The van der Waals surface area contributed by atoms with E-state index in [1.54, 1.807) is 17.0 Å². The van der Waals surface area contributed by atoms with Crippen LogP contribution in [0.15, 0.2) is 107 Å². The first-order chi connectivity index (χ1) is 30.4. The van der Waals surface area contributed by atoms with E-state index in [2.05, 4.69) is 121 Å². The minimum absolute atomic E-state index is 0.151. The molecular formula is C58H78N4. The molecule has 16 unspecified atom stereocenters. The molecule has 0 radical (unpaired) electrons. The summed E-state index contributed by atoms with van der Waals surface area (Å²) in [6, 6.07) is 3.69. The fourth-order valence-corrected chi connectivity index (χ4v) is 16.5. The van der Waals surface area contributed by atoms with E-state index in [0.717, 1.165) is 24.2 Å². The first-order valence-electron chi connectivity index (χ1n) is 26.3. The summed E-state index contributed by atoms with van der Waals surface area (Å²) in [6.45, 7) is 7.34. The van der Waals surface area contributed by atoms with Crippen molar-refractivity contribution in [2.75, 3.05) is 0 Å². The van der Waals surface area contributed by atoms with Gasteiger partial charge < -0.3 is 9.80 Å². The van der Waals surface area contributed by atoms with Crippen molar-refractivity contribution in [2.45, 2.75) is 174 Å². The lowest BCUT2D eigenvalue weighted by Gasteiger charge is -2.48. The van der Waals surface area contributed by atoms with Crippen molar-refractivity contribution in [3.63, 3.8) is 0 Å². The van der Waals surface area contributed by atoms with Gasteiger partial charge in [0, 0.05) is 23.2 Å². The Hall–Kier alpha value is -3.29. The van der Waals surface area contributed by atoms with E-state index >= 15 is 0 Å². The molecule has 62 heavy (non-hydrogen) atoms. The monoisotopic (exact) mass is 831 g/mol. The van der Waals surface area contributed by atoms with E-state index in [0.29, 0.717) is 71.8 Å². The van der Waals surface area contributed by atoms with Crippen LogP contribution in [0.5, 0.6) is 0 Å². The van der Waals surface area contributed by atoms with Crippen molar-refractivity contribution >= 4 is 0 Å². The van der Waals surface area contributed by atoms with Crippen LogP contribution in [0.2, 0.25) is 0 Å². The molecule has 1 N–H and O–H groups in total. The van der Waals surface area contributed by atoms with Crippen molar-refractivity contribution < 1.29 is 0 Å². The van der Waals surface area contributed by atoms with Gasteiger partial charge in [0.2, 0.25) is 0 Å². The van der Waals surface area contributed by atoms with Crippen LogP contribution in [0.3, 0.4) is 0 Å². The van der Waals surface area contributed by atoms with Crippen LogP contribution >= 0.6 is 0 Å². The molecule has 1 saturated heterocycles. The van der Waals surface area contributed by atoms with Gasteiger partial charge in [0.15, 0.2) is 0 Å². The Morgan fingerprint density at radius 2 is 1.52 bits per heavy atom. The lowest BCUT2D eigenvalue weighted by Crippen LogP contribution is -2.57. The Labute approximate surface area is 376 Å². The fraction of sp³-hybridized carbons (Fsp3) is 0.672. The third-order valence-electron chi connectivity index (χ3n) is 19.8. The fourth-order valence-electron chi connectivity index (χ4n) is 16.5. The normalized spacial score (nSPS) is 45.0. The molecular weight excluding hydrogens is 753 g/mol. The van der Waals surface area contributed by atoms with Crippen molar-refractivity contribution in [2.24, 2.45) is 70.5 Å². The Kier molecular flexibility index (Phi) is 11.5. The van der Waals surface area contributed by atoms with Crippen LogP contribution in [-0.4, -0.2) is 34.2 Å². The van der Waals surface area contributed by atoms with E-state index < -0.39 is 0 Å². The lowest BCUT2D eigenvalue weighted by molar-refractivity contribution is 0.0651. The van der Waals surface area contributed by atoms with E-state index in [9.17, 15) is 5.26 Å². The average Bonchev–Trinajstić information content (AvgIpc) is 3.78. The summed E-state index contributed by atoms with van der Waals surface area (Å²) in [5.74, 6) is 7.12. The molecule has 16 atom stereocenters. The second kappa shape index (κ2) is 17.3. The molecule has 3 fully saturated rings. The van der Waals surface area contributed by atoms with Gasteiger partial charge in [-0.05, 0) is 193 Å². The van der Waals surface area contributed by atoms with Crippen LogP contribution in [-0.2, 0) is 0 Å². The smallest absolute Gasteiger partial charge is 0.0820 e. The molecule has 11 aliphatic rings. The number of nitrogens with one attached hydrogen (secondary N) is 1. The predicted molar refractivity (Wildman–Crippen MR) is 255 cm³/mol. The van der Waals surface area contributed by atoms with Gasteiger partial charge in [-0.2, -0.15) is 5.26 Å². The van der Waals surface area contributed by atoms with Crippen LogP contribution < -0.4 is 5.32 Å². The molecule has 330 valence electrons. The van der Waals surface area contributed by atoms with E-state index in [1.165, 1.54) is 122 Å². The van der Waals surface area contributed by atoms with Crippen molar-refractivity contribution in [1.29, 1.82) is 5.26 Å². The summed E-state index contributed by atoms with van der Waals surface area (Å²) < 4.78 is 0. The molecule has 3 heterocycles. The number of nitriles is 1. The first-order valence-corrected chi connectivity index (χ1v) is 26.3. The standard InChI is InChI=1S/C58H78N4/c1-38-34-56(61-52-28-14-10-24-47(52)48-25-11-15-29-53(48)61)60-57(62-54-30-16-12-26-49(54)50-27-13-17-31-55(50)62)36-51(38)46-23-9-8-22-45(46)44-21-7-6-20-43(44)42-19-5-4-18-41(42)40-32-33-58(3,37-59)39(2)35-40/h6-8,12,14,16-17,20,22,26,28,30-31,38-42,44-47,49,51-52,54,56-57,60H,4-5,9-11,13,15,18-19,21,23-25,27,29,32-36H2,1-3H3. The quantitative estimate of drug-likeness (QED) is 0.271. The number of rotatable bonds is 6. The zero-order valence-corrected chi connectivity index (χ0v) is 38.6. The Morgan fingerprint density at radius 1 is 0.677 bits per heavy atom. The number of allylic oxidation sites excluding steroid dienone is 12. The van der Waals surface area contributed by atoms with Crippen molar-refractivity contribution in [3.8, 4) is 6.07 Å². The van der Waals surface area contributed by atoms with E-state index in [-0.39, 0.29) is 5.41 Å². The summed E-state index contributed by atoms with van der Waals surface area (Å²) in [5.41, 5.74) is 8.48. The maximum absolute atomic E-state index is 10.2. The van der Waals surface area contributed by atoms with Crippen LogP contribution in [0.4, 0.5) is 0 Å². The average molecular weight is 831 g/mol. The maximum atomic E-state index is 10.2. The molecule has 0 aromatic heterocycles. The molecule has 0 bridgehead atoms. The molecule has 3 aliphatic heterocycles. The van der Waals surface area contributed by atoms with Gasteiger partial charge in [0.25, 0.3) is 0 Å². The third kappa shape index (κ3) is 7.17. The van der Waals surface area contributed by atoms with Gasteiger partial charge in [-0.15, -0.1) is 0 Å². The molecule has 0 aromatic rings. The van der Waals surface area contributed by atoms with Crippen LogP contribution in [0.25, 0.3) is 0 Å². The summed E-state index contributed by atoms with van der Waals surface area (Å²) in [7, 11) is 0. The van der Waals surface area contributed by atoms with Crippen molar-refractivity contribution in [3.05, 3.63) is 107 Å². The molecule has 0 amide bonds. The van der Waals surface area contributed by atoms with Crippen molar-refractivity contribution in [1.82, 2.24) is 15.1 Å². The SMILES string of the molecule is CC1CC(N2C3=C(CCCC3)C3CCC=CC32)NC(N2C3=C(CCC=C3)C3C=CC=CC32)CC1C1CCC=CC1C1CC=CC=C1C1CCCCC1C1CCC(C)(C#N)C(C)C1. The summed E-state index contributed by atoms with van der Waals surface area (Å²) in [6.07, 6.45) is 59.2. The topological polar surface area (TPSA) is 42.3 Å². The number of fused-ring (bicyclic) bond motifs is 4. The zero-order chi connectivity index (χ0) is 42.0. The molecule has 11 rings (SSSR count). The van der Waals surface area contributed by atoms with Gasteiger partial charge in [0.1, 0.15) is 0 Å². The first kappa shape index (κ1) is 41.4. The molecule has 4 nitrogen and oxygen atoms in total. The highest BCUT2D eigenvalue weighted by atomic mass is 15.4. The van der Waals surface area contributed by atoms with Gasteiger partial charge in [-0.1, -0.05) is 105 Å². The predicted octanol–water partition coefficient (Wildman–Crippen LogP) is 13.6. The Morgan fingerprint density at radius 3 is 2.42 bits per heavy atom. The number of hydrogen-bond donors (Lipinski definition) is 1. The van der Waals surface area contributed by atoms with Gasteiger partial charge in [0.05, 0.1) is 35.9 Å². The highest BCUT2D eigenvalue weighted by Crippen LogP contribution is 2.56. The van der Waals surface area contributed by atoms with Crippen LogP contribution in [0.1, 0.15) is 149 Å². The zero-order valence-electron chi connectivity index (χ0n) is 38.6. The van der Waals surface area contributed by atoms with Gasteiger partial charge in [-0.3, -0.25) is 5.32 Å². The second-order valence-electron chi connectivity index (χ2n) is 22.7. The molecule has 0 aromatic carbocycles. The molecule has 0 spiro atoms. The Bertz CT molecular complexity index is 2030. The summed E-state index contributed by atoms with van der Waals surface area (Å²) in [5, 5.41) is 14.8. The van der Waals surface area contributed by atoms with E-state index in [1.807, 2.05) is 11.1 Å². The molecule has 4 heteroatoms. The van der Waals surface area contributed by atoms with Gasteiger partial charge in [-0.25, -0.2) is 0 Å². The van der Waals surface area contributed by atoms with Crippen LogP contribution in [0, 0.1) is 81.8 Å². The highest BCUT2D eigenvalue weighted by Gasteiger charge is 2.51. The molecule has 8 aliphatic carbocycles. The minimum Gasteiger partial charge on any atom is -0.352 e. The summed E-state index contributed by atoms with van der Waals surface area (Å²) in [4.78, 5) is 5.95. The van der Waals surface area contributed by atoms with Gasteiger partial charge >= 0.3 is 0 Å². The third-order valence-corrected chi connectivity index (χ3v) is 19.8. The molecule has 2 saturated carbocycles. The minimum atomic E-state index is -0.151.